The van der Waals surface area contributed by atoms with Gasteiger partial charge in [-0.25, -0.2) is 0 Å². The van der Waals surface area contributed by atoms with E-state index >= 15 is 0 Å². The lowest BCUT2D eigenvalue weighted by atomic mass is 10.1. The quantitative estimate of drug-likeness (QED) is 0.643. The molecule has 0 spiro atoms. The van der Waals surface area contributed by atoms with Crippen LogP contribution in [-0.2, 0) is 14.3 Å². The molecular formula is C13H16N2O3S. The highest BCUT2D eigenvalue weighted by molar-refractivity contribution is 8.02. The van der Waals surface area contributed by atoms with Crippen molar-refractivity contribution >= 4 is 29.3 Å². The Balaban J connectivity index is 2.15. The van der Waals surface area contributed by atoms with Gasteiger partial charge in [-0.15, -0.1) is 0 Å². The Hall–Kier alpha value is -1.53. The standard InChI is InChI=1S/C13H16N2O3S/c1-13(11(16)14-7-8-18-2)12(17)15-9-5-3-4-6-10(9)19-13/h3-6H,7-8H2,1-2H3,(H,14,16)(H,15,17)/t13-/m0/s1. The van der Waals surface area contributed by atoms with E-state index in [0.29, 0.717) is 13.2 Å². The van der Waals surface area contributed by atoms with Gasteiger partial charge in [-0.2, -0.15) is 0 Å². The number of ether oxygens (including phenoxy) is 1. The molecule has 1 atom stereocenters. The van der Waals surface area contributed by atoms with Gasteiger partial charge in [0.15, 0.2) is 4.75 Å². The number of hydrogen-bond acceptors (Lipinski definition) is 4. The molecule has 19 heavy (non-hydrogen) atoms. The molecule has 6 heteroatoms. The van der Waals surface area contributed by atoms with Crippen LogP contribution in [0.1, 0.15) is 6.92 Å². The molecule has 102 valence electrons. The Morgan fingerprint density at radius 1 is 1.47 bits per heavy atom. The van der Waals surface area contributed by atoms with Gasteiger partial charge in [0.25, 0.3) is 0 Å². The van der Waals surface area contributed by atoms with Crippen molar-refractivity contribution in [3.63, 3.8) is 0 Å². The molecule has 0 aliphatic carbocycles. The van der Waals surface area contributed by atoms with Crippen LogP contribution in [-0.4, -0.2) is 36.8 Å². The molecule has 0 radical (unpaired) electrons. The lowest BCUT2D eigenvalue weighted by Crippen LogP contribution is -2.52. The van der Waals surface area contributed by atoms with Crippen LogP contribution in [0.5, 0.6) is 0 Å². The van der Waals surface area contributed by atoms with Crippen molar-refractivity contribution in [2.45, 2.75) is 16.6 Å². The van der Waals surface area contributed by atoms with E-state index in [-0.39, 0.29) is 11.8 Å². The molecule has 0 saturated carbocycles. The average molecular weight is 280 g/mol. The molecule has 0 saturated heterocycles. The van der Waals surface area contributed by atoms with E-state index in [1.54, 1.807) is 14.0 Å². The molecule has 1 aromatic carbocycles. The summed E-state index contributed by atoms with van der Waals surface area (Å²) in [4.78, 5) is 25.2. The summed E-state index contributed by atoms with van der Waals surface area (Å²) < 4.78 is 3.72. The molecular weight excluding hydrogens is 264 g/mol. The highest BCUT2D eigenvalue weighted by atomic mass is 32.2. The molecule has 0 bridgehead atoms. The van der Waals surface area contributed by atoms with Crippen LogP contribution in [0.3, 0.4) is 0 Å². The van der Waals surface area contributed by atoms with Gasteiger partial charge in [-0.05, 0) is 19.1 Å². The number of amides is 2. The van der Waals surface area contributed by atoms with Crippen LogP contribution < -0.4 is 10.6 Å². The van der Waals surface area contributed by atoms with Gasteiger partial charge in [0.1, 0.15) is 0 Å². The van der Waals surface area contributed by atoms with Crippen LogP contribution in [0, 0.1) is 0 Å². The number of para-hydroxylation sites is 1. The molecule has 0 aromatic heterocycles. The van der Waals surface area contributed by atoms with Crippen LogP contribution in [0.25, 0.3) is 0 Å². The van der Waals surface area contributed by atoms with Crippen molar-refractivity contribution in [1.82, 2.24) is 5.32 Å². The first kappa shape index (κ1) is 13.9. The van der Waals surface area contributed by atoms with Gasteiger partial charge in [-0.1, -0.05) is 23.9 Å². The lowest BCUT2D eigenvalue weighted by Gasteiger charge is -2.31. The zero-order valence-corrected chi connectivity index (χ0v) is 11.7. The summed E-state index contributed by atoms with van der Waals surface area (Å²) in [5, 5.41) is 5.48. The Labute approximate surface area is 116 Å². The van der Waals surface area contributed by atoms with Crippen molar-refractivity contribution < 1.29 is 14.3 Å². The highest BCUT2D eigenvalue weighted by Crippen LogP contribution is 2.42. The van der Waals surface area contributed by atoms with E-state index in [9.17, 15) is 9.59 Å². The predicted octanol–water partition coefficient (Wildman–Crippen LogP) is 1.25. The fraction of sp³-hybridized carbons (Fsp3) is 0.385. The largest absolute Gasteiger partial charge is 0.383 e. The molecule has 2 rings (SSSR count). The van der Waals surface area contributed by atoms with Crippen molar-refractivity contribution in [2.24, 2.45) is 0 Å². The van der Waals surface area contributed by atoms with E-state index in [0.717, 1.165) is 10.6 Å². The molecule has 1 aliphatic rings. The number of benzene rings is 1. The van der Waals surface area contributed by atoms with Crippen molar-refractivity contribution in [3.05, 3.63) is 24.3 Å². The third-order valence-electron chi connectivity index (χ3n) is 2.91. The molecule has 5 nitrogen and oxygen atoms in total. The van der Waals surface area contributed by atoms with E-state index < -0.39 is 4.75 Å². The van der Waals surface area contributed by atoms with Crippen molar-refractivity contribution in [2.75, 3.05) is 25.6 Å². The number of hydrogen-bond donors (Lipinski definition) is 2. The zero-order chi connectivity index (χ0) is 13.9. The first-order valence-electron chi connectivity index (χ1n) is 5.94. The normalized spacial score (nSPS) is 21.5. The Bertz CT molecular complexity index is 506. The molecule has 2 N–H and O–H groups in total. The summed E-state index contributed by atoms with van der Waals surface area (Å²) in [5.41, 5.74) is 0.750. The minimum Gasteiger partial charge on any atom is -0.383 e. The van der Waals surface area contributed by atoms with E-state index in [2.05, 4.69) is 10.6 Å². The van der Waals surface area contributed by atoms with Crippen molar-refractivity contribution in [1.29, 1.82) is 0 Å². The first-order valence-corrected chi connectivity index (χ1v) is 6.76. The Morgan fingerprint density at radius 3 is 2.95 bits per heavy atom. The Kier molecular flexibility index (Phi) is 4.11. The smallest absolute Gasteiger partial charge is 0.250 e. The van der Waals surface area contributed by atoms with E-state index in [1.165, 1.54) is 11.8 Å². The minimum absolute atomic E-state index is 0.300. The number of carbonyl (C=O) groups is 2. The number of thioether (sulfide) groups is 1. The first-order chi connectivity index (χ1) is 9.08. The molecule has 1 aromatic rings. The van der Waals surface area contributed by atoms with Gasteiger partial charge in [0.05, 0.1) is 12.3 Å². The van der Waals surface area contributed by atoms with E-state index in [4.69, 9.17) is 4.74 Å². The molecule has 1 aliphatic heterocycles. The maximum Gasteiger partial charge on any atom is 0.250 e. The molecule has 0 unspecified atom stereocenters. The number of rotatable bonds is 4. The summed E-state index contributed by atoms with van der Waals surface area (Å²) in [6.07, 6.45) is 0. The second-order valence-corrected chi connectivity index (χ2v) is 5.79. The van der Waals surface area contributed by atoms with Gasteiger partial charge in [-0.3, -0.25) is 9.59 Å². The molecule has 0 fully saturated rings. The van der Waals surface area contributed by atoms with Crippen molar-refractivity contribution in [3.8, 4) is 0 Å². The van der Waals surface area contributed by atoms with Crippen LogP contribution in [0.15, 0.2) is 29.2 Å². The number of anilines is 1. The summed E-state index contributed by atoms with van der Waals surface area (Å²) in [6, 6.07) is 7.44. The van der Waals surface area contributed by atoms with Gasteiger partial charge in [0.2, 0.25) is 11.8 Å². The lowest BCUT2D eigenvalue weighted by molar-refractivity contribution is -0.130. The third kappa shape index (κ3) is 2.74. The van der Waals surface area contributed by atoms with Crippen LogP contribution in [0.4, 0.5) is 5.69 Å². The second kappa shape index (κ2) is 5.63. The van der Waals surface area contributed by atoms with Gasteiger partial charge < -0.3 is 15.4 Å². The third-order valence-corrected chi connectivity index (χ3v) is 4.26. The molecule has 2 amide bonds. The fourth-order valence-corrected chi connectivity index (χ4v) is 2.88. The number of carbonyl (C=O) groups excluding carboxylic acids is 2. The second-order valence-electron chi connectivity index (χ2n) is 4.33. The predicted molar refractivity (Wildman–Crippen MR) is 74.2 cm³/mol. The summed E-state index contributed by atoms with van der Waals surface area (Å²) in [7, 11) is 1.56. The maximum atomic E-state index is 12.2. The summed E-state index contributed by atoms with van der Waals surface area (Å²) in [6.45, 7) is 2.44. The van der Waals surface area contributed by atoms with Gasteiger partial charge in [0, 0.05) is 18.6 Å². The van der Waals surface area contributed by atoms with E-state index in [1.807, 2.05) is 24.3 Å². The number of nitrogens with one attached hydrogen (secondary N) is 2. The Morgan fingerprint density at radius 2 is 2.21 bits per heavy atom. The maximum absolute atomic E-state index is 12.2. The monoisotopic (exact) mass is 280 g/mol. The summed E-state index contributed by atoms with van der Waals surface area (Å²) in [5.74, 6) is -0.604. The topological polar surface area (TPSA) is 67.4 Å². The number of methoxy groups -OCH3 is 1. The fourth-order valence-electron chi connectivity index (χ4n) is 1.75. The minimum atomic E-state index is -1.15. The van der Waals surface area contributed by atoms with Crippen LogP contribution in [0.2, 0.25) is 0 Å². The SMILES string of the molecule is COCCNC(=O)[C@]1(C)Sc2ccccc2NC1=O. The van der Waals surface area contributed by atoms with Crippen LogP contribution >= 0.6 is 11.8 Å². The number of fused-ring (bicyclic) bond motifs is 1. The zero-order valence-electron chi connectivity index (χ0n) is 10.9. The molecule has 1 heterocycles. The van der Waals surface area contributed by atoms with Gasteiger partial charge >= 0.3 is 0 Å². The summed E-state index contributed by atoms with van der Waals surface area (Å²) >= 11 is 1.27. The average Bonchev–Trinajstić information content (AvgIpc) is 2.40. The highest BCUT2D eigenvalue weighted by Gasteiger charge is 2.45.